The zero-order valence-corrected chi connectivity index (χ0v) is 17.1. The summed E-state index contributed by atoms with van der Waals surface area (Å²) in [6.07, 6.45) is -0.336. The molecule has 8 N–H and O–H groups in total. The van der Waals surface area contributed by atoms with Crippen LogP contribution < -0.4 is 86.1 Å². The predicted octanol–water partition coefficient (Wildman–Crippen LogP) is -11.5. The van der Waals surface area contributed by atoms with Crippen molar-refractivity contribution in [2.45, 2.75) is 31.3 Å². The minimum absolute atomic E-state index is 0. The summed E-state index contributed by atoms with van der Waals surface area (Å²) < 4.78 is 0. The number of carbonyl (C=O) groups excluding carboxylic acids is 2. The molecule has 122 valence electrons. The second-order valence-corrected chi connectivity index (χ2v) is 3.95. The standard InChI is InChI=1S/C10H18N4O6.2Na.H2O/c11-5(8(17)18)2-1-3-13-10(12)14-6(9(19)20)4-7(15)16;;;/h5-6H,1-4,11H2,(H,15,16)(H,17,18)(H,19,20)(H3,12,13,14);;;1H2/q;2*+1;/p-2/t5-,6-;;;/m0.../s1. The van der Waals surface area contributed by atoms with Crippen molar-refractivity contribution >= 4 is 23.9 Å². The van der Waals surface area contributed by atoms with E-state index in [2.05, 4.69) is 10.3 Å². The minimum atomic E-state index is -1.54. The molecule has 0 amide bonds. The smallest absolute Gasteiger partial charge is 0.550 e. The van der Waals surface area contributed by atoms with Gasteiger partial charge in [-0.25, -0.2) is 4.79 Å². The van der Waals surface area contributed by atoms with Crippen molar-refractivity contribution < 1.29 is 94.3 Å². The number of aliphatic imine (C=N–C) groups is 1. The van der Waals surface area contributed by atoms with E-state index in [1.165, 1.54) is 0 Å². The Morgan fingerprint density at radius 3 is 2.13 bits per heavy atom. The van der Waals surface area contributed by atoms with Crippen molar-refractivity contribution in [3.05, 3.63) is 0 Å². The predicted molar refractivity (Wildman–Crippen MR) is 66.5 cm³/mol. The van der Waals surface area contributed by atoms with E-state index < -0.39 is 36.4 Å². The molecule has 0 aliphatic rings. The maximum absolute atomic E-state index is 10.7. The van der Waals surface area contributed by atoms with Crippen LogP contribution in [-0.2, 0) is 14.4 Å². The van der Waals surface area contributed by atoms with Crippen LogP contribution >= 0.6 is 0 Å². The van der Waals surface area contributed by atoms with Crippen LogP contribution in [0.2, 0.25) is 0 Å². The fraction of sp³-hybridized carbons (Fsp3) is 0.600. The first-order valence-electron chi connectivity index (χ1n) is 5.69. The van der Waals surface area contributed by atoms with Gasteiger partial charge >= 0.3 is 65.1 Å². The molecule has 0 aromatic rings. The fourth-order valence-electron chi connectivity index (χ4n) is 1.22. The molecule has 0 saturated heterocycles. The Morgan fingerprint density at radius 2 is 1.74 bits per heavy atom. The Kier molecular flexibility index (Phi) is 21.8. The zero-order valence-electron chi connectivity index (χ0n) is 13.1. The van der Waals surface area contributed by atoms with Crippen LogP contribution in [0.4, 0.5) is 0 Å². The van der Waals surface area contributed by atoms with Gasteiger partial charge in [0.05, 0.1) is 5.97 Å². The van der Waals surface area contributed by atoms with Crippen LogP contribution in [0.3, 0.4) is 0 Å². The third kappa shape index (κ3) is 16.2. The van der Waals surface area contributed by atoms with Crippen LogP contribution in [0.1, 0.15) is 19.3 Å². The molecule has 0 aliphatic carbocycles. The first kappa shape index (κ1) is 30.5. The van der Waals surface area contributed by atoms with Gasteiger partial charge in [-0.3, -0.25) is 4.99 Å². The van der Waals surface area contributed by atoms with Gasteiger partial charge in [-0.1, -0.05) is 0 Å². The third-order valence-electron chi connectivity index (χ3n) is 2.25. The van der Waals surface area contributed by atoms with Gasteiger partial charge in [-0.2, -0.15) is 0 Å². The van der Waals surface area contributed by atoms with Gasteiger partial charge in [0.15, 0.2) is 5.96 Å². The van der Waals surface area contributed by atoms with Gasteiger partial charge in [-0.15, -0.1) is 0 Å². The van der Waals surface area contributed by atoms with Crippen LogP contribution in [-0.4, -0.2) is 53.1 Å². The Labute approximate surface area is 176 Å². The molecule has 0 rings (SSSR count). The summed E-state index contributed by atoms with van der Waals surface area (Å²) in [6, 6.07) is -2.56. The largest absolute Gasteiger partial charge is 1.00 e. The monoisotopic (exact) mass is 352 g/mol. The molecular weight excluding hydrogens is 334 g/mol. The van der Waals surface area contributed by atoms with Gasteiger partial charge in [-0.05, 0) is 12.8 Å². The molecule has 0 spiro atoms. The van der Waals surface area contributed by atoms with Crippen LogP contribution in [0.5, 0.6) is 0 Å². The number of nitrogens with two attached hydrogens (primary N) is 2. The first-order valence-corrected chi connectivity index (χ1v) is 5.69. The molecule has 0 radical (unpaired) electrons. The molecule has 0 aliphatic heterocycles. The van der Waals surface area contributed by atoms with E-state index in [-0.39, 0.29) is 83.5 Å². The second-order valence-electron chi connectivity index (χ2n) is 3.95. The van der Waals surface area contributed by atoms with E-state index in [9.17, 15) is 24.6 Å². The zero-order chi connectivity index (χ0) is 15.7. The summed E-state index contributed by atoms with van der Waals surface area (Å²) in [4.78, 5) is 35.1. The summed E-state index contributed by atoms with van der Waals surface area (Å²) >= 11 is 0. The summed E-state index contributed by atoms with van der Waals surface area (Å²) in [6.45, 7) is 0.109. The first-order chi connectivity index (χ1) is 9.23. The molecule has 0 bridgehead atoms. The van der Waals surface area contributed by atoms with Gasteiger partial charge in [0.1, 0.15) is 6.04 Å². The number of guanidine groups is 1. The maximum Gasteiger partial charge on any atom is 1.00 e. The van der Waals surface area contributed by atoms with E-state index >= 15 is 0 Å². The SMILES string of the molecule is NC(=NCCC[C@H](N)C(=O)[O-])N[C@@H](CC(=O)[O-])C(=O)O.O.[Na+].[Na+]. The van der Waals surface area contributed by atoms with Crippen LogP contribution in [0, 0.1) is 0 Å². The Balaban J connectivity index is -0.000000602. The number of nitrogens with one attached hydrogen (secondary N) is 1. The molecule has 0 unspecified atom stereocenters. The molecule has 2 atom stereocenters. The van der Waals surface area contributed by atoms with Crippen molar-refractivity contribution in [3.63, 3.8) is 0 Å². The second kappa shape index (κ2) is 16.5. The van der Waals surface area contributed by atoms with Crippen molar-refractivity contribution in [1.29, 1.82) is 0 Å². The average molecular weight is 352 g/mol. The van der Waals surface area contributed by atoms with Crippen LogP contribution in [0.15, 0.2) is 4.99 Å². The van der Waals surface area contributed by atoms with E-state index in [0.29, 0.717) is 6.42 Å². The Morgan fingerprint density at radius 1 is 1.22 bits per heavy atom. The quantitative estimate of drug-likeness (QED) is 0.133. The number of hydrogen-bond acceptors (Lipinski definition) is 7. The fourth-order valence-corrected chi connectivity index (χ4v) is 1.22. The third-order valence-corrected chi connectivity index (χ3v) is 2.25. The van der Waals surface area contributed by atoms with Gasteiger partial charge in [0.25, 0.3) is 0 Å². The normalized spacial score (nSPS) is 12.5. The molecule has 0 saturated carbocycles. The van der Waals surface area contributed by atoms with Crippen molar-refractivity contribution in [2.24, 2.45) is 16.5 Å². The molecule has 0 heterocycles. The summed E-state index contributed by atoms with van der Waals surface area (Å²) in [5, 5.41) is 31.6. The number of hydrogen-bond donors (Lipinski definition) is 4. The number of carboxylic acids is 3. The summed E-state index contributed by atoms with van der Waals surface area (Å²) in [7, 11) is 0. The molecule has 0 fully saturated rings. The van der Waals surface area contributed by atoms with Gasteiger partial charge in [0, 0.05) is 25.0 Å². The summed E-state index contributed by atoms with van der Waals surface area (Å²) in [5.74, 6) is -4.59. The van der Waals surface area contributed by atoms with E-state index in [1.807, 2.05) is 0 Å². The summed E-state index contributed by atoms with van der Waals surface area (Å²) in [5.41, 5.74) is 10.6. The van der Waals surface area contributed by atoms with E-state index in [4.69, 9.17) is 16.6 Å². The number of carbonyl (C=O) groups is 3. The number of aliphatic carboxylic acids is 3. The maximum atomic E-state index is 10.7. The van der Waals surface area contributed by atoms with Gasteiger partial charge in [0.2, 0.25) is 0 Å². The van der Waals surface area contributed by atoms with Crippen molar-refractivity contribution in [2.75, 3.05) is 6.54 Å². The molecule has 0 aromatic heterocycles. The molecular formula is C10H18N4Na2O7. The van der Waals surface area contributed by atoms with Crippen molar-refractivity contribution in [3.8, 4) is 0 Å². The molecule has 0 aromatic carbocycles. The number of rotatable bonds is 9. The van der Waals surface area contributed by atoms with E-state index in [1.54, 1.807) is 0 Å². The average Bonchev–Trinajstić information content (AvgIpc) is 2.32. The number of nitrogens with zero attached hydrogens (tertiary/aromatic N) is 1. The minimum Gasteiger partial charge on any atom is -0.550 e. The van der Waals surface area contributed by atoms with Gasteiger partial charge < -0.3 is 47.2 Å². The van der Waals surface area contributed by atoms with E-state index in [0.717, 1.165) is 0 Å². The Bertz CT molecular complexity index is 409. The number of carboxylic acid groups (broad SMARTS) is 3. The Hall–Kier alpha value is -0.400. The van der Waals surface area contributed by atoms with Crippen LogP contribution in [0.25, 0.3) is 0 Å². The topological polar surface area (TPSA) is 225 Å². The molecule has 23 heavy (non-hydrogen) atoms. The molecule has 13 heteroatoms. The van der Waals surface area contributed by atoms with Crippen molar-refractivity contribution in [1.82, 2.24) is 5.32 Å². The molecule has 11 nitrogen and oxygen atoms in total.